The first kappa shape index (κ1) is 10.7. The summed E-state index contributed by atoms with van der Waals surface area (Å²) in [5.74, 6) is 0. The second-order valence-corrected chi connectivity index (χ2v) is 5.42. The summed E-state index contributed by atoms with van der Waals surface area (Å²) in [5.41, 5.74) is 0.412. The van der Waals surface area contributed by atoms with Crippen molar-refractivity contribution in [3.63, 3.8) is 0 Å². The summed E-state index contributed by atoms with van der Waals surface area (Å²) in [6, 6.07) is 7.49. The van der Waals surface area contributed by atoms with Crippen molar-refractivity contribution in [2.24, 2.45) is 0 Å². The lowest BCUT2D eigenvalue weighted by molar-refractivity contribution is 0.602. The van der Waals surface area contributed by atoms with Gasteiger partial charge in [0.05, 0.1) is 10.6 Å². The molecule has 2 aromatic rings. The van der Waals surface area contributed by atoms with Crippen LogP contribution in [0.1, 0.15) is 0 Å². The number of hydrogen-bond acceptors (Lipinski definition) is 3. The molecule has 0 aliphatic heterocycles. The molecular weight excluding hydrogens is 228 g/mol. The fraction of sp³-hybridized carbons (Fsp3) is 0.100. The zero-order valence-electron chi connectivity index (χ0n) is 8.54. The summed E-state index contributed by atoms with van der Waals surface area (Å²) in [6.45, 7) is 0. The quantitative estimate of drug-likeness (QED) is 0.831. The SMILES string of the molecule is CS(=O)(=O)c1ccc(-n2[nH]ccc2=O)cc1. The van der Waals surface area contributed by atoms with E-state index < -0.39 is 9.84 Å². The van der Waals surface area contributed by atoms with Crippen LogP contribution in [-0.4, -0.2) is 24.5 Å². The molecule has 0 saturated heterocycles. The van der Waals surface area contributed by atoms with Crippen LogP contribution >= 0.6 is 0 Å². The number of benzene rings is 1. The van der Waals surface area contributed by atoms with Crippen molar-refractivity contribution in [1.82, 2.24) is 9.78 Å². The van der Waals surface area contributed by atoms with Gasteiger partial charge in [0, 0.05) is 18.5 Å². The number of nitrogens with zero attached hydrogens (tertiary/aromatic N) is 1. The fourth-order valence-corrected chi connectivity index (χ4v) is 2.00. The second kappa shape index (κ2) is 3.64. The van der Waals surface area contributed by atoms with Crippen LogP contribution < -0.4 is 5.56 Å². The average Bonchev–Trinajstić information content (AvgIpc) is 2.63. The molecule has 1 heterocycles. The molecule has 16 heavy (non-hydrogen) atoms. The summed E-state index contributed by atoms with van der Waals surface area (Å²) >= 11 is 0. The molecule has 0 amide bonds. The van der Waals surface area contributed by atoms with E-state index in [1.807, 2.05) is 0 Å². The Morgan fingerprint density at radius 3 is 2.19 bits per heavy atom. The van der Waals surface area contributed by atoms with Crippen LogP contribution in [0.15, 0.2) is 46.2 Å². The maximum absolute atomic E-state index is 11.3. The van der Waals surface area contributed by atoms with Crippen molar-refractivity contribution in [2.45, 2.75) is 4.90 Å². The normalized spacial score (nSPS) is 11.6. The molecule has 0 spiro atoms. The second-order valence-electron chi connectivity index (χ2n) is 3.40. The van der Waals surface area contributed by atoms with E-state index >= 15 is 0 Å². The Balaban J connectivity index is 2.49. The Labute approximate surface area is 92.2 Å². The van der Waals surface area contributed by atoms with E-state index in [2.05, 4.69) is 5.10 Å². The Morgan fingerprint density at radius 1 is 1.12 bits per heavy atom. The van der Waals surface area contributed by atoms with Crippen LogP contribution in [0.25, 0.3) is 5.69 Å². The minimum absolute atomic E-state index is 0.188. The lowest BCUT2D eigenvalue weighted by Crippen LogP contribution is -2.13. The molecule has 84 valence electrons. The van der Waals surface area contributed by atoms with Gasteiger partial charge in [0.2, 0.25) is 0 Å². The van der Waals surface area contributed by atoms with Crippen molar-refractivity contribution in [3.8, 4) is 5.69 Å². The molecule has 5 nitrogen and oxygen atoms in total. The van der Waals surface area contributed by atoms with Gasteiger partial charge >= 0.3 is 0 Å². The van der Waals surface area contributed by atoms with Crippen LogP contribution in [0, 0.1) is 0 Å². The van der Waals surface area contributed by atoms with Crippen molar-refractivity contribution in [1.29, 1.82) is 0 Å². The third-order valence-electron chi connectivity index (χ3n) is 2.17. The molecule has 0 radical (unpaired) electrons. The molecular formula is C10H10N2O3S. The van der Waals surface area contributed by atoms with Crippen molar-refractivity contribution < 1.29 is 8.42 Å². The van der Waals surface area contributed by atoms with Gasteiger partial charge in [0.1, 0.15) is 0 Å². The largest absolute Gasteiger partial charge is 0.298 e. The number of rotatable bonds is 2. The molecule has 0 unspecified atom stereocenters. The highest BCUT2D eigenvalue weighted by molar-refractivity contribution is 7.90. The summed E-state index contributed by atoms with van der Waals surface area (Å²) in [6.07, 6.45) is 2.66. The van der Waals surface area contributed by atoms with Gasteiger partial charge in [0.25, 0.3) is 5.56 Å². The van der Waals surface area contributed by atoms with Gasteiger partial charge in [-0.15, -0.1) is 0 Å². The highest BCUT2D eigenvalue weighted by atomic mass is 32.2. The lowest BCUT2D eigenvalue weighted by atomic mass is 10.3. The number of hydrogen-bond donors (Lipinski definition) is 1. The van der Waals surface area contributed by atoms with Gasteiger partial charge in [0.15, 0.2) is 9.84 Å². The monoisotopic (exact) mass is 238 g/mol. The van der Waals surface area contributed by atoms with E-state index in [1.165, 1.54) is 29.1 Å². The molecule has 1 aromatic carbocycles. The molecule has 1 aromatic heterocycles. The van der Waals surface area contributed by atoms with Gasteiger partial charge in [-0.05, 0) is 24.3 Å². The predicted octanol–water partition coefficient (Wildman–Crippen LogP) is 0.569. The van der Waals surface area contributed by atoms with E-state index in [1.54, 1.807) is 12.1 Å². The Hall–Kier alpha value is -1.82. The zero-order valence-corrected chi connectivity index (χ0v) is 9.36. The van der Waals surface area contributed by atoms with E-state index in [0.29, 0.717) is 5.69 Å². The fourth-order valence-electron chi connectivity index (χ4n) is 1.37. The number of aromatic nitrogens is 2. The minimum atomic E-state index is -3.20. The first-order valence-electron chi connectivity index (χ1n) is 4.55. The van der Waals surface area contributed by atoms with E-state index in [0.717, 1.165) is 6.26 Å². The molecule has 0 aliphatic carbocycles. The van der Waals surface area contributed by atoms with Gasteiger partial charge in [-0.25, -0.2) is 13.1 Å². The molecule has 1 N–H and O–H groups in total. The molecule has 6 heteroatoms. The van der Waals surface area contributed by atoms with Crippen LogP contribution in [0.3, 0.4) is 0 Å². The van der Waals surface area contributed by atoms with Crippen LogP contribution in [0.5, 0.6) is 0 Å². The van der Waals surface area contributed by atoms with Gasteiger partial charge in [-0.3, -0.25) is 9.89 Å². The van der Waals surface area contributed by atoms with E-state index in [9.17, 15) is 13.2 Å². The molecule has 0 saturated carbocycles. The third kappa shape index (κ3) is 1.92. The minimum Gasteiger partial charge on any atom is -0.298 e. The van der Waals surface area contributed by atoms with Gasteiger partial charge in [-0.2, -0.15) is 0 Å². The summed E-state index contributed by atoms with van der Waals surface area (Å²) in [4.78, 5) is 11.5. The van der Waals surface area contributed by atoms with Crippen LogP contribution in [0.2, 0.25) is 0 Å². The van der Waals surface area contributed by atoms with E-state index in [-0.39, 0.29) is 10.5 Å². The van der Waals surface area contributed by atoms with E-state index in [4.69, 9.17) is 0 Å². The molecule has 0 fully saturated rings. The lowest BCUT2D eigenvalue weighted by Gasteiger charge is -2.02. The van der Waals surface area contributed by atoms with Crippen molar-refractivity contribution >= 4 is 9.84 Å². The van der Waals surface area contributed by atoms with Crippen LogP contribution in [-0.2, 0) is 9.84 Å². The highest BCUT2D eigenvalue weighted by Gasteiger charge is 2.07. The highest BCUT2D eigenvalue weighted by Crippen LogP contribution is 2.11. The predicted molar refractivity (Wildman–Crippen MR) is 59.5 cm³/mol. The summed E-state index contributed by atoms with van der Waals surface area (Å²) in [5, 5.41) is 2.73. The zero-order chi connectivity index (χ0) is 11.8. The first-order valence-corrected chi connectivity index (χ1v) is 6.44. The smallest absolute Gasteiger partial charge is 0.271 e. The molecule has 0 aliphatic rings. The van der Waals surface area contributed by atoms with Crippen molar-refractivity contribution in [3.05, 3.63) is 46.9 Å². The maximum atomic E-state index is 11.3. The topological polar surface area (TPSA) is 71.9 Å². The third-order valence-corrected chi connectivity index (χ3v) is 3.30. The maximum Gasteiger partial charge on any atom is 0.271 e. The molecule has 0 bridgehead atoms. The number of nitrogens with one attached hydrogen (secondary N) is 1. The van der Waals surface area contributed by atoms with Gasteiger partial charge in [-0.1, -0.05) is 0 Å². The number of aromatic amines is 1. The molecule has 2 rings (SSSR count). The first-order chi connectivity index (χ1) is 7.48. The Morgan fingerprint density at radius 2 is 1.75 bits per heavy atom. The molecule has 0 atom stereocenters. The average molecular weight is 238 g/mol. The van der Waals surface area contributed by atoms with Crippen LogP contribution in [0.4, 0.5) is 0 Å². The van der Waals surface area contributed by atoms with Crippen molar-refractivity contribution in [2.75, 3.05) is 6.26 Å². The standard InChI is InChI=1S/C10H10N2O3S/c1-16(14,15)9-4-2-8(3-5-9)12-10(13)6-7-11-12/h2-7,11H,1H3. The number of sulfone groups is 1. The van der Waals surface area contributed by atoms with Gasteiger partial charge < -0.3 is 0 Å². The number of H-pyrrole nitrogens is 1. The summed E-state index contributed by atoms with van der Waals surface area (Å²) in [7, 11) is -3.20. The Kier molecular flexibility index (Phi) is 2.43. The summed E-state index contributed by atoms with van der Waals surface area (Å²) < 4.78 is 23.8. The Bertz CT molecular complexity index is 650.